The first kappa shape index (κ1) is 15.9. The number of nitrogens with one attached hydrogen (secondary N) is 1. The molecule has 0 aromatic rings. The van der Waals surface area contributed by atoms with E-state index in [1.165, 1.54) is 57.8 Å². The quantitative estimate of drug-likeness (QED) is 0.465. The van der Waals surface area contributed by atoms with E-state index in [4.69, 9.17) is 10.6 Å². The van der Waals surface area contributed by atoms with Gasteiger partial charge in [-0.05, 0) is 44.4 Å². The number of rotatable bonds is 10. The predicted molar refractivity (Wildman–Crippen MR) is 77.2 cm³/mol. The van der Waals surface area contributed by atoms with E-state index in [1.807, 2.05) is 0 Å². The third-order valence-corrected chi connectivity index (χ3v) is 4.30. The van der Waals surface area contributed by atoms with E-state index < -0.39 is 0 Å². The number of ether oxygens (including phenoxy) is 1. The predicted octanol–water partition coefficient (Wildman–Crippen LogP) is 3.38. The minimum Gasteiger partial charge on any atom is -0.378 e. The summed E-state index contributed by atoms with van der Waals surface area (Å²) < 4.78 is 5.67. The first-order valence-electron chi connectivity index (χ1n) is 7.89. The van der Waals surface area contributed by atoms with Crippen LogP contribution >= 0.6 is 0 Å². The van der Waals surface area contributed by atoms with Gasteiger partial charge >= 0.3 is 0 Å². The standard InChI is InChI=1S/C15H32N2O/c1-3-5-8-13(4-2)15(17-16)11-6-9-14-10-7-12-18-14/h13-15,17H,3-12,16H2,1-2H3. The molecular formula is C15H32N2O. The van der Waals surface area contributed by atoms with Crippen LogP contribution in [-0.4, -0.2) is 18.8 Å². The molecule has 1 aliphatic heterocycles. The Balaban J connectivity index is 2.20. The number of nitrogens with two attached hydrogens (primary N) is 1. The van der Waals surface area contributed by atoms with Crippen molar-refractivity contribution < 1.29 is 4.74 Å². The van der Waals surface area contributed by atoms with Crippen LogP contribution in [-0.2, 0) is 4.74 Å². The Hall–Kier alpha value is -0.120. The molecule has 3 unspecified atom stereocenters. The Labute approximate surface area is 113 Å². The largest absolute Gasteiger partial charge is 0.378 e. The summed E-state index contributed by atoms with van der Waals surface area (Å²) in [5.41, 5.74) is 3.05. The highest BCUT2D eigenvalue weighted by atomic mass is 16.5. The highest BCUT2D eigenvalue weighted by Crippen LogP contribution is 2.23. The SMILES string of the molecule is CCCCC(CC)C(CCCC1CCCO1)NN. The van der Waals surface area contributed by atoms with Crippen LogP contribution in [0.2, 0.25) is 0 Å². The zero-order valence-corrected chi connectivity index (χ0v) is 12.3. The molecule has 0 aromatic carbocycles. The topological polar surface area (TPSA) is 47.3 Å². The zero-order valence-electron chi connectivity index (χ0n) is 12.3. The van der Waals surface area contributed by atoms with Gasteiger partial charge < -0.3 is 4.74 Å². The van der Waals surface area contributed by atoms with Gasteiger partial charge in [0.2, 0.25) is 0 Å². The molecule has 0 radical (unpaired) electrons. The Morgan fingerprint density at radius 1 is 1.28 bits per heavy atom. The second kappa shape index (κ2) is 9.76. The molecule has 0 amide bonds. The molecule has 1 heterocycles. The average molecular weight is 256 g/mol. The zero-order chi connectivity index (χ0) is 13.2. The van der Waals surface area contributed by atoms with Gasteiger partial charge in [0, 0.05) is 12.6 Å². The van der Waals surface area contributed by atoms with E-state index >= 15 is 0 Å². The van der Waals surface area contributed by atoms with Gasteiger partial charge in [0.25, 0.3) is 0 Å². The molecule has 3 atom stereocenters. The van der Waals surface area contributed by atoms with Crippen molar-refractivity contribution in [3.8, 4) is 0 Å². The highest BCUT2D eigenvalue weighted by Gasteiger charge is 2.20. The van der Waals surface area contributed by atoms with E-state index in [0.29, 0.717) is 12.1 Å². The fourth-order valence-corrected chi connectivity index (χ4v) is 3.05. The summed E-state index contributed by atoms with van der Waals surface area (Å²) in [7, 11) is 0. The summed E-state index contributed by atoms with van der Waals surface area (Å²) in [5, 5.41) is 0. The molecule has 3 nitrogen and oxygen atoms in total. The molecule has 1 saturated heterocycles. The van der Waals surface area contributed by atoms with Gasteiger partial charge in [-0.15, -0.1) is 0 Å². The van der Waals surface area contributed by atoms with E-state index in [-0.39, 0.29) is 0 Å². The minimum absolute atomic E-state index is 0.489. The molecule has 1 fully saturated rings. The normalized spacial score (nSPS) is 23.2. The van der Waals surface area contributed by atoms with Crippen molar-refractivity contribution in [2.24, 2.45) is 11.8 Å². The van der Waals surface area contributed by atoms with Crippen molar-refractivity contribution in [3.63, 3.8) is 0 Å². The van der Waals surface area contributed by atoms with E-state index in [0.717, 1.165) is 12.5 Å². The Kier molecular flexibility index (Phi) is 8.64. The van der Waals surface area contributed by atoms with Gasteiger partial charge in [-0.1, -0.05) is 33.1 Å². The van der Waals surface area contributed by atoms with Gasteiger partial charge in [-0.3, -0.25) is 11.3 Å². The van der Waals surface area contributed by atoms with Gasteiger partial charge in [-0.25, -0.2) is 0 Å². The maximum Gasteiger partial charge on any atom is 0.0576 e. The van der Waals surface area contributed by atoms with Crippen LogP contribution in [0.5, 0.6) is 0 Å². The van der Waals surface area contributed by atoms with Crippen LogP contribution in [0.25, 0.3) is 0 Å². The summed E-state index contributed by atoms with van der Waals surface area (Å²) in [6.07, 6.45) is 11.8. The first-order valence-corrected chi connectivity index (χ1v) is 7.89. The van der Waals surface area contributed by atoms with E-state index in [2.05, 4.69) is 19.3 Å². The van der Waals surface area contributed by atoms with E-state index in [9.17, 15) is 0 Å². The Bertz CT molecular complexity index is 193. The fraction of sp³-hybridized carbons (Fsp3) is 1.00. The molecule has 0 saturated carbocycles. The monoisotopic (exact) mass is 256 g/mol. The first-order chi connectivity index (χ1) is 8.81. The lowest BCUT2D eigenvalue weighted by atomic mass is 9.88. The number of hydrogen-bond acceptors (Lipinski definition) is 3. The molecule has 3 heteroatoms. The third kappa shape index (κ3) is 5.68. The van der Waals surface area contributed by atoms with Crippen molar-refractivity contribution in [2.45, 2.75) is 83.8 Å². The molecule has 0 aromatic heterocycles. The van der Waals surface area contributed by atoms with Gasteiger partial charge in [-0.2, -0.15) is 0 Å². The maximum absolute atomic E-state index is 5.73. The molecule has 108 valence electrons. The lowest BCUT2D eigenvalue weighted by Crippen LogP contribution is -2.40. The van der Waals surface area contributed by atoms with Crippen molar-refractivity contribution >= 4 is 0 Å². The molecular weight excluding hydrogens is 224 g/mol. The smallest absolute Gasteiger partial charge is 0.0576 e. The van der Waals surface area contributed by atoms with Crippen LogP contribution in [0, 0.1) is 5.92 Å². The second-order valence-corrected chi connectivity index (χ2v) is 5.65. The summed E-state index contributed by atoms with van der Waals surface area (Å²) in [6.45, 7) is 5.51. The van der Waals surface area contributed by atoms with Crippen LogP contribution in [0.4, 0.5) is 0 Å². The molecule has 1 rings (SSSR count). The third-order valence-electron chi connectivity index (χ3n) is 4.30. The van der Waals surface area contributed by atoms with Crippen LogP contribution < -0.4 is 11.3 Å². The Morgan fingerprint density at radius 3 is 2.67 bits per heavy atom. The number of hydrazine groups is 1. The van der Waals surface area contributed by atoms with Crippen LogP contribution in [0.1, 0.15) is 71.6 Å². The van der Waals surface area contributed by atoms with Crippen molar-refractivity contribution in [1.82, 2.24) is 5.43 Å². The van der Waals surface area contributed by atoms with Gasteiger partial charge in [0.1, 0.15) is 0 Å². The van der Waals surface area contributed by atoms with Crippen molar-refractivity contribution in [1.29, 1.82) is 0 Å². The summed E-state index contributed by atoms with van der Waals surface area (Å²) in [5.74, 6) is 6.47. The Morgan fingerprint density at radius 2 is 2.11 bits per heavy atom. The summed E-state index contributed by atoms with van der Waals surface area (Å²) in [4.78, 5) is 0. The molecule has 1 aliphatic rings. The summed E-state index contributed by atoms with van der Waals surface area (Å²) >= 11 is 0. The van der Waals surface area contributed by atoms with Crippen molar-refractivity contribution in [3.05, 3.63) is 0 Å². The van der Waals surface area contributed by atoms with Crippen LogP contribution in [0.15, 0.2) is 0 Å². The lowest BCUT2D eigenvalue weighted by Gasteiger charge is -2.26. The molecule has 18 heavy (non-hydrogen) atoms. The second-order valence-electron chi connectivity index (χ2n) is 5.65. The van der Waals surface area contributed by atoms with Gasteiger partial charge in [0.15, 0.2) is 0 Å². The highest BCUT2D eigenvalue weighted by molar-refractivity contribution is 4.75. The molecule has 3 N–H and O–H groups in total. The number of hydrogen-bond donors (Lipinski definition) is 2. The summed E-state index contributed by atoms with van der Waals surface area (Å²) in [6, 6.07) is 0.489. The van der Waals surface area contributed by atoms with Crippen molar-refractivity contribution in [2.75, 3.05) is 6.61 Å². The molecule has 0 aliphatic carbocycles. The number of unbranched alkanes of at least 4 members (excludes halogenated alkanes) is 1. The maximum atomic E-state index is 5.73. The molecule has 0 spiro atoms. The van der Waals surface area contributed by atoms with E-state index in [1.54, 1.807) is 0 Å². The fourth-order valence-electron chi connectivity index (χ4n) is 3.05. The van der Waals surface area contributed by atoms with Gasteiger partial charge in [0.05, 0.1) is 6.10 Å². The molecule has 0 bridgehead atoms. The minimum atomic E-state index is 0.489. The lowest BCUT2D eigenvalue weighted by molar-refractivity contribution is 0.100. The average Bonchev–Trinajstić information content (AvgIpc) is 2.90. The van der Waals surface area contributed by atoms with Crippen LogP contribution in [0.3, 0.4) is 0 Å².